The van der Waals surface area contributed by atoms with Crippen LogP contribution in [0.25, 0.3) is 0 Å². The second-order valence-corrected chi connectivity index (χ2v) is 4.25. The molecule has 0 aliphatic rings. The Morgan fingerprint density at radius 2 is 2.12 bits per heavy atom. The molecular formula is C10H9F2N3S. The summed E-state index contributed by atoms with van der Waals surface area (Å²) in [5.41, 5.74) is 5.62. The highest BCUT2D eigenvalue weighted by atomic mass is 32.2. The number of nitrogen functional groups attached to an aromatic ring is 1. The van der Waals surface area contributed by atoms with E-state index in [2.05, 4.69) is 9.97 Å². The van der Waals surface area contributed by atoms with Gasteiger partial charge >= 0.3 is 0 Å². The highest BCUT2D eigenvalue weighted by Crippen LogP contribution is 2.32. The van der Waals surface area contributed by atoms with Gasteiger partial charge in [-0.25, -0.2) is 13.8 Å². The third-order valence-electron chi connectivity index (χ3n) is 1.92. The first kappa shape index (κ1) is 10.9. The van der Waals surface area contributed by atoms with Crippen molar-refractivity contribution in [3.05, 3.63) is 35.7 Å². The normalized spacial score (nSPS) is 10.7. The summed E-state index contributed by atoms with van der Waals surface area (Å²) in [6.07, 6.45) is 0. The van der Waals surface area contributed by atoms with Crippen LogP contribution in [-0.4, -0.2) is 9.97 Å². The predicted molar refractivity (Wildman–Crippen MR) is 58.2 cm³/mol. The van der Waals surface area contributed by atoms with Crippen molar-refractivity contribution < 1.29 is 8.78 Å². The second-order valence-electron chi connectivity index (χ2n) is 3.22. The largest absolute Gasteiger partial charge is 0.383 e. The van der Waals surface area contributed by atoms with Crippen LogP contribution in [0.3, 0.4) is 0 Å². The molecule has 2 rings (SSSR count). The van der Waals surface area contributed by atoms with Crippen LogP contribution in [0.1, 0.15) is 5.82 Å². The summed E-state index contributed by atoms with van der Waals surface area (Å²) in [6.45, 7) is 1.74. The molecule has 0 aliphatic heterocycles. The topological polar surface area (TPSA) is 54.7 Å². The van der Waals surface area contributed by atoms with Crippen molar-refractivity contribution in [3.8, 4) is 0 Å². The summed E-state index contributed by atoms with van der Waals surface area (Å²) < 4.78 is 26.2. The van der Waals surface area contributed by atoms with Gasteiger partial charge in [-0.05, 0) is 25.1 Å². The molecule has 0 spiro atoms. The average Bonchev–Trinajstić information content (AvgIpc) is 2.51. The Morgan fingerprint density at radius 3 is 2.75 bits per heavy atom. The van der Waals surface area contributed by atoms with Crippen LogP contribution < -0.4 is 5.73 Å². The number of imidazole rings is 1. The van der Waals surface area contributed by atoms with E-state index in [1.165, 1.54) is 0 Å². The fourth-order valence-corrected chi connectivity index (χ4v) is 2.12. The number of hydrogen-bond donors (Lipinski definition) is 2. The number of H-pyrrole nitrogens is 1. The Hall–Kier alpha value is -1.56. The maximum atomic E-state index is 13.3. The van der Waals surface area contributed by atoms with Crippen molar-refractivity contribution >= 4 is 17.6 Å². The molecule has 1 aromatic carbocycles. The summed E-state index contributed by atoms with van der Waals surface area (Å²) in [7, 11) is 0. The van der Waals surface area contributed by atoms with Crippen LogP contribution in [0.4, 0.5) is 14.6 Å². The summed E-state index contributed by atoms with van der Waals surface area (Å²) in [4.78, 5) is 7.03. The average molecular weight is 241 g/mol. The molecule has 3 N–H and O–H groups in total. The number of nitrogens with two attached hydrogens (primary N) is 1. The second kappa shape index (κ2) is 4.13. The van der Waals surface area contributed by atoms with E-state index >= 15 is 0 Å². The SMILES string of the molecule is Cc1nc(Sc2cc(F)ccc2F)c(N)[nH]1. The molecule has 0 amide bonds. The van der Waals surface area contributed by atoms with Gasteiger partial charge in [0.15, 0.2) is 0 Å². The van der Waals surface area contributed by atoms with Gasteiger partial charge in [0.2, 0.25) is 0 Å². The van der Waals surface area contributed by atoms with Crippen molar-refractivity contribution in [3.63, 3.8) is 0 Å². The first-order valence-electron chi connectivity index (χ1n) is 4.51. The number of aromatic amines is 1. The molecule has 1 aromatic heterocycles. The zero-order chi connectivity index (χ0) is 11.7. The Labute approximate surface area is 95.1 Å². The summed E-state index contributed by atoms with van der Waals surface area (Å²) in [6, 6.07) is 3.26. The van der Waals surface area contributed by atoms with Crippen LogP contribution in [0, 0.1) is 18.6 Å². The number of hydrogen-bond acceptors (Lipinski definition) is 3. The van der Waals surface area contributed by atoms with Gasteiger partial charge in [-0.15, -0.1) is 0 Å². The lowest BCUT2D eigenvalue weighted by molar-refractivity contribution is 0.577. The molecule has 0 bridgehead atoms. The number of rotatable bonds is 2. The van der Waals surface area contributed by atoms with Crippen LogP contribution in [-0.2, 0) is 0 Å². The van der Waals surface area contributed by atoms with Gasteiger partial charge in [-0.2, -0.15) is 0 Å². The number of anilines is 1. The number of aryl methyl sites for hydroxylation is 1. The van der Waals surface area contributed by atoms with Crippen LogP contribution in [0.5, 0.6) is 0 Å². The Bertz CT molecular complexity index is 525. The van der Waals surface area contributed by atoms with Gasteiger partial charge in [0.1, 0.15) is 28.3 Å². The highest BCUT2D eigenvalue weighted by Gasteiger charge is 2.11. The molecule has 3 nitrogen and oxygen atoms in total. The van der Waals surface area contributed by atoms with Crippen LogP contribution in [0.15, 0.2) is 28.1 Å². The molecule has 0 unspecified atom stereocenters. The minimum atomic E-state index is -0.494. The minimum Gasteiger partial charge on any atom is -0.383 e. The van der Waals surface area contributed by atoms with Crippen molar-refractivity contribution in [1.82, 2.24) is 9.97 Å². The maximum absolute atomic E-state index is 13.3. The Balaban J connectivity index is 2.33. The first-order valence-corrected chi connectivity index (χ1v) is 5.33. The molecule has 1 heterocycles. The predicted octanol–water partition coefficient (Wildman–Crippen LogP) is 2.73. The molecule has 0 aliphatic carbocycles. The number of halogens is 2. The first-order chi connectivity index (χ1) is 7.56. The summed E-state index contributed by atoms with van der Waals surface area (Å²) in [5.74, 6) is 0.00385. The van der Waals surface area contributed by atoms with Crippen molar-refractivity contribution in [1.29, 1.82) is 0 Å². The molecule has 6 heteroatoms. The Kier molecular flexibility index (Phi) is 2.82. The molecule has 0 fully saturated rings. The third kappa shape index (κ3) is 2.16. The van der Waals surface area contributed by atoms with E-state index in [1.807, 2.05) is 0 Å². The van der Waals surface area contributed by atoms with Gasteiger partial charge in [0.25, 0.3) is 0 Å². The highest BCUT2D eigenvalue weighted by molar-refractivity contribution is 7.99. The maximum Gasteiger partial charge on any atom is 0.143 e. The molecule has 2 aromatic rings. The van der Waals surface area contributed by atoms with Crippen molar-refractivity contribution in [2.45, 2.75) is 16.8 Å². The van der Waals surface area contributed by atoms with E-state index in [1.54, 1.807) is 6.92 Å². The smallest absolute Gasteiger partial charge is 0.143 e. The fraction of sp³-hybridized carbons (Fsp3) is 0.100. The lowest BCUT2D eigenvalue weighted by Crippen LogP contribution is -1.88. The number of nitrogens with zero attached hydrogens (tertiary/aromatic N) is 1. The summed E-state index contributed by atoms with van der Waals surface area (Å²) >= 11 is 0.993. The van der Waals surface area contributed by atoms with E-state index in [0.717, 1.165) is 30.0 Å². The monoisotopic (exact) mass is 241 g/mol. The molecular weight excluding hydrogens is 232 g/mol. The van der Waals surface area contributed by atoms with Gasteiger partial charge in [-0.3, -0.25) is 0 Å². The number of benzene rings is 1. The zero-order valence-corrected chi connectivity index (χ0v) is 9.24. The van der Waals surface area contributed by atoms with E-state index in [9.17, 15) is 8.78 Å². The van der Waals surface area contributed by atoms with Crippen molar-refractivity contribution in [2.75, 3.05) is 5.73 Å². The van der Waals surface area contributed by atoms with E-state index in [4.69, 9.17) is 5.73 Å². The van der Waals surface area contributed by atoms with E-state index in [0.29, 0.717) is 16.7 Å². The lowest BCUT2D eigenvalue weighted by atomic mass is 10.3. The molecule has 0 saturated carbocycles. The Morgan fingerprint density at radius 1 is 1.38 bits per heavy atom. The molecule has 0 saturated heterocycles. The third-order valence-corrected chi connectivity index (χ3v) is 2.95. The molecule has 16 heavy (non-hydrogen) atoms. The summed E-state index contributed by atoms with van der Waals surface area (Å²) in [5, 5.41) is 0.446. The van der Waals surface area contributed by atoms with Crippen molar-refractivity contribution in [2.24, 2.45) is 0 Å². The lowest BCUT2D eigenvalue weighted by Gasteiger charge is -2.01. The van der Waals surface area contributed by atoms with Gasteiger partial charge in [0, 0.05) is 0 Å². The molecule has 84 valence electrons. The fourth-order valence-electron chi connectivity index (χ4n) is 1.23. The molecule has 0 atom stereocenters. The van der Waals surface area contributed by atoms with Gasteiger partial charge in [0.05, 0.1) is 4.90 Å². The van der Waals surface area contributed by atoms with Gasteiger partial charge < -0.3 is 10.7 Å². The van der Waals surface area contributed by atoms with E-state index < -0.39 is 11.6 Å². The zero-order valence-electron chi connectivity index (χ0n) is 8.42. The molecule has 0 radical (unpaired) electrons. The van der Waals surface area contributed by atoms with Gasteiger partial charge in [-0.1, -0.05) is 11.8 Å². The quantitative estimate of drug-likeness (QED) is 0.850. The number of aromatic nitrogens is 2. The van der Waals surface area contributed by atoms with E-state index in [-0.39, 0.29) is 4.90 Å². The standard InChI is InChI=1S/C10H9F2N3S/c1-5-14-9(13)10(15-5)16-8-4-6(11)2-3-7(8)12/h2-4H,13H2,1H3,(H,14,15). The minimum absolute atomic E-state index is 0.165. The van der Waals surface area contributed by atoms with Crippen LogP contribution in [0.2, 0.25) is 0 Å². The van der Waals surface area contributed by atoms with Crippen LogP contribution >= 0.6 is 11.8 Å². The number of nitrogens with one attached hydrogen (secondary N) is 1.